The number of thiophene rings is 1. The largest absolute Gasteiger partial charge is 0.497 e. The molecule has 3 nitrogen and oxygen atoms in total. The molecule has 0 saturated carbocycles. The number of nitrogens with one attached hydrogen (secondary N) is 1. The van der Waals surface area contributed by atoms with Gasteiger partial charge in [-0.1, -0.05) is 0 Å². The smallest absolute Gasteiger partial charge is 0.123 e. The van der Waals surface area contributed by atoms with Crippen molar-refractivity contribution in [3.05, 3.63) is 45.1 Å². The van der Waals surface area contributed by atoms with Gasteiger partial charge in [0, 0.05) is 28.4 Å². The van der Waals surface area contributed by atoms with E-state index < -0.39 is 0 Å². The van der Waals surface area contributed by atoms with Crippen LogP contribution in [0.15, 0.2) is 24.3 Å². The van der Waals surface area contributed by atoms with Gasteiger partial charge < -0.3 is 14.8 Å². The first-order valence-electron chi connectivity index (χ1n) is 6.61. The third-order valence-corrected chi connectivity index (χ3v) is 4.47. The Balaban J connectivity index is 1.99. The number of rotatable bonds is 6. The van der Waals surface area contributed by atoms with Crippen molar-refractivity contribution in [3.8, 4) is 11.5 Å². The molecule has 0 unspecified atom stereocenters. The maximum Gasteiger partial charge on any atom is 0.123 e. The molecule has 0 fully saturated rings. The van der Waals surface area contributed by atoms with E-state index in [9.17, 15) is 0 Å². The van der Waals surface area contributed by atoms with Gasteiger partial charge in [-0.05, 0) is 43.7 Å². The van der Waals surface area contributed by atoms with Crippen LogP contribution >= 0.6 is 11.3 Å². The summed E-state index contributed by atoms with van der Waals surface area (Å²) in [4.78, 5) is 2.75. The fraction of sp³-hybridized carbons (Fsp3) is 0.375. The normalized spacial score (nSPS) is 10.6. The molecule has 0 radical (unpaired) electrons. The molecule has 0 bridgehead atoms. The van der Waals surface area contributed by atoms with Gasteiger partial charge in [0.05, 0.1) is 14.2 Å². The lowest BCUT2D eigenvalue weighted by atomic mass is 10.2. The summed E-state index contributed by atoms with van der Waals surface area (Å²) in [7, 11) is 3.37. The summed E-state index contributed by atoms with van der Waals surface area (Å²) >= 11 is 1.85. The Morgan fingerprint density at radius 3 is 2.45 bits per heavy atom. The molecule has 20 heavy (non-hydrogen) atoms. The van der Waals surface area contributed by atoms with Gasteiger partial charge in [-0.2, -0.15) is 0 Å². The summed E-state index contributed by atoms with van der Waals surface area (Å²) < 4.78 is 10.6. The summed E-state index contributed by atoms with van der Waals surface area (Å²) in [5.74, 6) is 1.74. The van der Waals surface area contributed by atoms with Crippen molar-refractivity contribution in [1.82, 2.24) is 5.32 Å². The van der Waals surface area contributed by atoms with E-state index in [-0.39, 0.29) is 0 Å². The van der Waals surface area contributed by atoms with E-state index in [1.165, 1.54) is 15.3 Å². The SMILES string of the molecule is COc1ccc(OC)c(CNCc2cc(C)c(C)s2)c1. The molecule has 1 N–H and O–H groups in total. The lowest BCUT2D eigenvalue weighted by molar-refractivity contribution is 0.397. The average molecular weight is 291 g/mol. The number of benzene rings is 1. The first-order chi connectivity index (χ1) is 9.63. The van der Waals surface area contributed by atoms with Crippen molar-refractivity contribution in [2.45, 2.75) is 26.9 Å². The van der Waals surface area contributed by atoms with Crippen molar-refractivity contribution in [2.75, 3.05) is 14.2 Å². The Kier molecular flexibility index (Phi) is 5.04. The summed E-state index contributed by atoms with van der Waals surface area (Å²) in [6, 6.07) is 8.11. The molecule has 0 amide bonds. The van der Waals surface area contributed by atoms with Crippen LogP contribution in [0.1, 0.15) is 20.9 Å². The molecule has 2 aromatic rings. The van der Waals surface area contributed by atoms with Crippen LogP contribution in [0.3, 0.4) is 0 Å². The van der Waals surface area contributed by atoms with E-state index >= 15 is 0 Å². The van der Waals surface area contributed by atoms with E-state index in [0.717, 1.165) is 30.2 Å². The van der Waals surface area contributed by atoms with Crippen molar-refractivity contribution < 1.29 is 9.47 Å². The molecular weight excluding hydrogens is 270 g/mol. The van der Waals surface area contributed by atoms with E-state index in [1.807, 2.05) is 29.5 Å². The number of ether oxygens (including phenoxy) is 2. The van der Waals surface area contributed by atoms with Crippen LogP contribution in [0, 0.1) is 13.8 Å². The van der Waals surface area contributed by atoms with Crippen molar-refractivity contribution in [2.24, 2.45) is 0 Å². The van der Waals surface area contributed by atoms with Gasteiger partial charge in [0.25, 0.3) is 0 Å². The summed E-state index contributed by atoms with van der Waals surface area (Å²) in [5, 5.41) is 3.46. The quantitative estimate of drug-likeness (QED) is 0.881. The van der Waals surface area contributed by atoms with E-state index in [2.05, 4.69) is 25.2 Å². The molecule has 1 heterocycles. The molecular formula is C16H21NO2S. The second kappa shape index (κ2) is 6.77. The van der Waals surface area contributed by atoms with E-state index in [1.54, 1.807) is 14.2 Å². The van der Waals surface area contributed by atoms with Gasteiger partial charge in [0.2, 0.25) is 0 Å². The van der Waals surface area contributed by atoms with Crippen LogP contribution in [0.2, 0.25) is 0 Å². The van der Waals surface area contributed by atoms with Gasteiger partial charge in [-0.3, -0.25) is 0 Å². The van der Waals surface area contributed by atoms with Crippen LogP contribution in [0.25, 0.3) is 0 Å². The van der Waals surface area contributed by atoms with Gasteiger partial charge in [-0.25, -0.2) is 0 Å². The fourth-order valence-corrected chi connectivity index (χ4v) is 3.10. The molecule has 0 atom stereocenters. The number of methoxy groups -OCH3 is 2. The standard InChI is InChI=1S/C16H21NO2S/c1-11-7-15(20-12(11)2)10-17-9-13-8-14(18-3)5-6-16(13)19-4/h5-8,17H,9-10H2,1-4H3. The number of hydrogen-bond acceptors (Lipinski definition) is 4. The fourth-order valence-electron chi connectivity index (χ4n) is 2.08. The molecule has 108 valence electrons. The van der Waals surface area contributed by atoms with Gasteiger partial charge in [0.1, 0.15) is 11.5 Å². The van der Waals surface area contributed by atoms with Crippen molar-refractivity contribution >= 4 is 11.3 Å². The van der Waals surface area contributed by atoms with Gasteiger partial charge in [0.15, 0.2) is 0 Å². The second-order valence-corrected chi connectivity index (χ2v) is 6.07. The molecule has 2 rings (SSSR count). The van der Waals surface area contributed by atoms with Crippen LogP contribution < -0.4 is 14.8 Å². The molecule has 1 aromatic heterocycles. The Morgan fingerprint density at radius 1 is 1.05 bits per heavy atom. The third kappa shape index (κ3) is 3.52. The van der Waals surface area contributed by atoms with Gasteiger partial charge in [-0.15, -0.1) is 11.3 Å². The maximum absolute atomic E-state index is 5.38. The Morgan fingerprint density at radius 2 is 1.85 bits per heavy atom. The molecule has 1 aromatic carbocycles. The highest BCUT2D eigenvalue weighted by Crippen LogP contribution is 2.24. The average Bonchev–Trinajstić information content (AvgIpc) is 2.77. The lowest BCUT2D eigenvalue weighted by Crippen LogP contribution is -2.12. The molecule has 0 spiro atoms. The molecule has 0 aliphatic rings. The minimum Gasteiger partial charge on any atom is -0.497 e. The number of hydrogen-bond donors (Lipinski definition) is 1. The van der Waals surface area contributed by atoms with Crippen molar-refractivity contribution in [1.29, 1.82) is 0 Å². The topological polar surface area (TPSA) is 30.5 Å². The number of aryl methyl sites for hydroxylation is 2. The monoisotopic (exact) mass is 291 g/mol. The molecule has 0 aliphatic heterocycles. The first kappa shape index (κ1) is 14.9. The molecule has 0 aliphatic carbocycles. The minimum atomic E-state index is 0.760. The zero-order chi connectivity index (χ0) is 14.5. The van der Waals surface area contributed by atoms with Crippen LogP contribution in [-0.2, 0) is 13.1 Å². The highest BCUT2D eigenvalue weighted by Gasteiger charge is 2.06. The summed E-state index contributed by atoms with van der Waals surface area (Å²) in [6.45, 7) is 5.95. The second-order valence-electron chi connectivity index (χ2n) is 4.73. The summed E-state index contributed by atoms with van der Waals surface area (Å²) in [6.07, 6.45) is 0. The Labute approximate surface area is 124 Å². The molecule has 0 saturated heterocycles. The Bertz CT molecular complexity index is 558. The van der Waals surface area contributed by atoms with Crippen LogP contribution in [0.4, 0.5) is 0 Å². The Hall–Kier alpha value is -1.52. The lowest BCUT2D eigenvalue weighted by Gasteiger charge is -2.11. The minimum absolute atomic E-state index is 0.760. The summed E-state index contributed by atoms with van der Waals surface area (Å²) in [5.41, 5.74) is 2.47. The highest BCUT2D eigenvalue weighted by atomic mass is 32.1. The zero-order valence-electron chi connectivity index (χ0n) is 12.4. The van der Waals surface area contributed by atoms with E-state index in [0.29, 0.717) is 0 Å². The van der Waals surface area contributed by atoms with Crippen LogP contribution in [0.5, 0.6) is 11.5 Å². The third-order valence-electron chi connectivity index (χ3n) is 3.32. The predicted molar refractivity (Wildman–Crippen MR) is 83.9 cm³/mol. The first-order valence-corrected chi connectivity index (χ1v) is 7.43. The molecule has 4 heteroatoms. The zero-order valence-corrected chi connectivity index (χ0v) is 13.3. The van der Waals surface area contributed by atoms with E-state index in [4.69, 9.17) is 9.47 Å². The maximum atomic E-state index is 5.38. The predicted octanol–water partition coefficient (Wildman–Crippen LogP) is 3.67. The van der Waals surface area contributed by atoms with Gasteiger partial charge >= 0.3 is 0 Å². The van der Waals surface area contributed by atoms with Crippen LogP contribution in [-0.4, -0.2) is 14.2 Å². The highest BCUT2D eigenvalue weighted by molar-refractivity contribution is 7.12. The van der Waals surface area contributed by atoms with Crippen molar-refractivity contribution in [3.63, 3.8) is 0 Å².